The van der Waals surface area contributed by atoms with Crippen LogP contribution in [0.3, 0.4) is 0 Å². The molecule has 18 heavy (non-hydrogen) atoms. The second kappa shape index (κ2) is 5.65. The van der Waals surface area contributed by atoms with Crippen molar-refractivity contribution in [3.05, 3.63) is 29.3 Å². The van der Waals surface area contributed by atoms with Gasteiger partial charge in [0.1, 0.15) is 0 Å². The normalized spacial score (nSPS) is 11.2. The number of aryl methyl sites for hydroxylation is 1. The highest BCUT2D eigenvalue weighted by Gasteiger charge is 2.25. The first-order chi connectivity index (χ1) is 8.32. The zero-order valence-electron chi connectivity index (χ0n) is 11.2. The van der Waals surface area contributed by atoms with Crippen molar-refractivity contribution in [2.45, 2.75) is 33.1 Å². The van der Waals surface area contributed by atoms with Crippen molar-refractivity contribution in [3.63, 3.8) is 0 Å². The third-order valence-corrected chi connectivity index (χ3v) is 3.25. The molecule has 1 rings (SSSR count). The van der Waals surface area contributed by atoms with Gasteiger partial charge in [-0.1, -0.05) is 54.9 Å². The maximum absolute atomic E-state index is 11.8. The van der Waals surface area contributed by atoms with E-state index in [1.165, 1.54) is 4.90 Å². The lowest BCUT2D eigenvalue weighted by Gasteiger charge is -2.28. The van der Waals surface area contributed by atoms with Crippen molar-refractivity contribution in [2.24, 2.45) is 0 Å². The predicted octanol–water partition coefficient (Wildman–Crippen LogP) is 3.18. The Morgan fingerprint density at radius 1 is 1.39 bits per heavy atom. The average Bonchev–Trinajstić information content (AvgIpc) is 2.30. The van der Waals surface area contributed by atoms with Gasteiger partial charge in [0.2, 0.25) is 12.3 Å². The summed E-state index contributed by atoms with van der Waals surface area (Å²) >= 11 is 3.10. The number of carbonyl (C=O) groups is 2. The molecule has 2 amide bonds. The van der Waals surface area contributed by atoms with Crippen molar-refractivity contribution >= 4 is 33.9 Å². The van der Waals surface area contributed by atoms with E-state index in [1.54, 1.807) is 0 Å². The van der Waals surface area contributed by atoms with Crippen LogP contribution in [0.15, 0.2) is 18.2 Å². The van der Waals surface area contributed by atoms with E-state index in [1.807, 2.05) is 25.1 Å². The minimum Gasteiger partial charge on any atom is -0.278 e. The second-order valence-electron chi connectivity index (χ2n) is 5.22. The summed E-state index contributed by atoms with van der Waals surface area (Å²) in [5.41, 5.74) is 2.48. The fraction of sp³-hybridized carbons (Fsp3) is 0.429. The molecule has 0 aliphatic carbocycles. The number of imide groups is 1. The number of rotatable bonds is 3. The molecule has 0 radical (unpaired) electrons. The number of halogens is 1. The van der Waals surface area contributed by atoms with Gasteiger partial charge in [-0.25, -0.2) is 0 Å². The van der Waals surface area contributed by atoms with Crippen LogP contribution in [-0.2, 0) is 15.0 Å². The summed E-state index contributed by atoms with van der Waals surface area (Å²) in [5, 5.41) is 0.129. The number of hydrogen-bond acceptors (Lipinski definition) is 2. The lowest BCUT2D eigenvalue weighted by molar-refractivity contribution is -0.119. The third-order valence-electron chi connectivity index (χ3n) is 2.78. The topological polar surface area (TPSA) is 37.4 Å². The molecule has 3 nitrogen and oxygen atoms in total. The van der Waals surface area contributed by atoms with Crippen LogP contribution in [-0.4, -0.2) is 17.6 Å². The largest absolute Gasteiger partial charge is 0.278 e. The van der Waals surface area contributed by atoms with E-state index in [9.17, 15) is 9.59 Å². The van der Waals surface area contributed by atoms with E-state index in [-0.39, 0.29) is 16.7 Å². The van der Waals surface area contributed by atoms with Gasteiger partial charge in [0.15, 0.2) is 0 Å². The Morgan fingerprint density at radius 3 is 2.44 bits per heavy atom. The van der Waals surface area contributed by atoms with Crippen LogP contribution in [0.4, 0.5) is 5.69 Å². The first kappa shape index (κ1) is 14.9. The number of amides is 2. The van der Waals surface area contributed by atoms with Gasteiger partial charge in [0.25, 0.3) is 0 Å². The number of nitrogens with zero attached hydrogens (tertiary/aromatic N) is 1. The first-order valence-corrected chi connectivity index (χ1v) is 6.88. The third kappa shape index (κ3) is 2.99. The summed E-state index contributed by atoms with van der Waals surface area (Å²) < 4.78 is 0. The molecule has 0 aromatic heterocycles. The first-order valence-electron chi connectivity index (χ1n) is 5.76. The zero-order valence-corrected chi connectivity index (χ0v) is 12.7. The van der Waals surface area contributed by atoms with Crippen LogP contribution in [0, 0.1) is 6.92 Å². The van der Waals surface area contributed by atoms with Crippen LogP contribution < -0.4 is 4.90 Å². The lowest BCUT2D eigenvalue weighted by atomic mass is 9.84. The monoisotopic (exact) mass is 311 g/mol. The summed E-state index contributed by atoms with van der Waals surface area (Å²) in [6, 6.07) is 5.81. The Kier molecular flexibility index (Phi) is 4.68. The fourth-order valence-electron chi connectivity index (χ4n) is 1.88. The average molecular weight is 312 g/mol. The van der Waals surface area contributed by atoms with Crippen LogP contribution in [0.5, 0.6) is 0 Å². The van der Waals surface area contributed by atoms with Crippen LogP contribution in [0.2, 0.25) is 0 Å². The number of carbonyl (C=O) groups excluding carboxylic acids is 2. The van der Waals surface area contributed by atoms with Crippen LogP contribution in [0.1, 0.15) is 31.9 Å². The smallest absolute Gasteiger partial charge is 0.244 e. The van der Waals surface area contributed by atoms with Crippen molar-refractivity contribution in [3.8, 4) is 0 Å². The Bertz CT molecular complexity index is 463. The maximum Gasteiger partial charge on any atom is 0.244 e. The van der Waals surface area contributed by atoms with Gasteiger partial charge in [-0.05, 0) is 23.5 Å². The highest BCUT2D eigenvalue weighted by Crippen LogP contribution is 2.34. The maximum atomic E-state index is 11.8. The van der Waals surface area contributed by atoms with E-state index in [0.29, 0.717) is 12.1 Å². The summed E-state index contributed by atoms with van der Waals surface area (Å²) in [6.07, 6.45) is 0.584. The number of anilines is 1. The van der Waals surface area contributed by atoms with Gasteiger partial charge in [0, 0.05) is 0 Å². The number of hydrogen-bond donors (Lipinski definition) is 0. The summed E-state index contributed by atoms with van der Waals surface area (Å²) in [5.74, 6) is -0.259. The molecule has 98 valence electrons. The molecule has 0 aliphatic heterocycles. The number of alkyl halides is 1. The standard InChI is InChI=1S/C14H18BrNO2/c1-10-6-5-7-11(14(2,3)4)13(10)16(9-17)12(18)8-15/h5-7,9H,8H2,1-4H3. The van der Waals surface area contributed by atoms with Gasteiger partial charge in [-0.15, -0.1) is 0 Å². The molecule has 0 atom stereocenters. The lowest BCUT2D eigenvalue weighted by Crippen LogP contribution is -2.33. The molecule has 0 N–H and O–H groups in total. The van der Waals surface area contributed by atoms with E-state index in [2.05, 4.69) is 36.7 Å². The van der Waals surface area contributed by atoms with Gasteiger partial charge in [-0.2, -0.15) is 0 Å². The molecule has 0 bridgehead atoms. The van der Waals surface area contributed by atoms with Gasteiger partial charge >= 0.3 is 0 Å². The van der Waals surface area contributed by atoms with Crippen LogP contribution >= 0.6 is 15.9 Å². The van der Waals surface area contributed by atoms with E-state index >= 15 is 0 Å². The van der Waals surface area contributed by atoms with Crippen molar-refractivity contribution in [1.82, 2.24) is 0 Å². The quantitative estimate of drug-likeness (QED) is 0.635. The van der Waals surface area contributed by atoms with Gasteiger partial charge < -0.3 is 0 Å². The van der Waals surface area contributed by atoms with Gasteiger partial charge in [-0.3, -0.25) is 14.5 Å². The Morgan fingerprint density at radius 2 is 2.00 bits per heavy atom. The second-order valence-corrected chi connectivity index (χ2v) is 5.78. The van der Waals surface area contributed by atoms with E-state index < -0.39 is 0 Å². The van der Waals surface area contributed by atoms with Gasteiger partial charge in [0.05, 0.1) is 11.0 Å². The molecule has 0 saturated heterocycles. The van der Waals surface area contributed by atoms with Crippen molar-refractivity contribution < 1.29 is 9.59 Å². The molecule has 0 fully saturated rings. The number of benzene rings is 1. The molecule has 0 heterocycles. The predicted molar refractivity (Wildman–Crippen MR) is 77.2 cm³/mol. The molecule has 0 spiro atoms. The summed E-state index contributed by atoms with van der Waals surface area (Å²) in [4.78, 5) is 24.2. The van der Waals surface area contributed by atoms with E-state index in [4.69, 9.17) is 0 Å². The molecule has 1 aromatic carbocycles. The molecule has 0 aliphatic rings. The Hall–Kier alpha value is -1.16. The molecule has 0 unspecified atom stereocenters. The SMILES string of the molecule is Cc1cccc(C(C)(C)C)c1N(C=O)C(=O)CBr. The zero-order chi connectivity index (χ0) is 13.9. The highest BCUT2D eigenvalue weighted by atomic mass is 79.9. The molecule has 4 heteroatoms. The summed E-state index contributed by atoms with van der Waals surface area (Å²) in [6.45, 7) is 8.09. The van der Waals surface area contributed by atoms with E-state index in [0.717, 1.165) is 11.1 Å². The van der Waals surface area contributed by atoms with Crippen molar-refractivity contribution in [2.75, 3.05) is 10.2 Å². The summed E-state index contributed by atoms with van der Waals surface area (Å²) in [7, 11) is 0. The Labute approximate surface area is 116 Å². The molecular formula is C14H18BrNO2. The fourth-order valence-corrected chi connectivity index (χ4v) is 2.15. The molecule has 1 aromatic rings. The minimum atomic E-state index is -0.259. The molecule has 0 saturated carbocycles. The number of para-hydroxylation sites is 1. The molecular weight excluding hydrogens is 294 g/mol. The van der Waals surface area contributed by atoms with Crippen LogP contribution in [0.25, 0.3) is 0 Å². The highest BCUT2D eigenvalue weighted by molar-refractivity contribution is 9.09. The van der Waals surface area contributed by atoms with Crippen molar-refractivity contribution in [1.29, 1.82) is 0 Å². The Balaban J connectivity index is 3.46. The minimum absolute atomic E-state index is 0.129.